The number of anilines is 1. The molecule has 0 radical (unpaired) electrons. The van der Waals surface area contributed by atoms with Gasteiger partial charge in [0, 0.05) is 56.7 Å². The third-order valence-corrected chi connectivity index (χ3v) is 6.30. The molecule has 0 saturated carbocycles. The van der Waals surface area contributed by atoms with E-state index in [-0.39, 0.29) is 17.9 Å². The molecular formula is C27H30N4O3. The van der Waals surface area contributed by atoms with Crippen molar-refractivity contribution in [2.45, 2.75) is 26.4 Å². The molecule has 7 nitrogen and oxygen atoms in total. The van der Waals surface area contributed by atoms with E-state index < -0.39 is 0 Å². The lowest BCUT2D eigenvalue weighted by molar-refractivity contribution is -0.131. The predicted molar refractivity (Wildman–Crippen MR) is 132 cm³/mol. The SMILES string of the molecule is COc1ccc([C@@H]2CN(C(C)=O)CCN2C(=O)c2ccc(C)c(NCc3ccncc3)c2)cc1. The number of aryl methyl sites for hydroxylation is 1. The lowest BCUT2D eigenvalue weighted by Gasteiger charge is -2.41. The van der Waals surface area contributed by atoms with E-state index in [0.717, 1.165) is 28.1 Å². The summed E-state index contributed by atoms with van der Waals surface area (Å²) in [6.45, 7) is 5.70. The molecule has 0 bridgehead atoms. The summed E-state index contributed by atoms with van der Waals surface area (Å²) in [6, 6.07) is 17.2. The van der Waals surface area contributed by atoms with Crippen molar-refractivity contribution in [3.63, 3.8) is 0 Å². The molecule has 1 N–H and O–H groups in total. The van der Waals surface area contributed by atoms with Gasteiger partial charge in [0.15, 0.2) is 0 Å². The lowest BCUT2D eigenvalue weighted by Crippen LogP contribution is -2.51. The maximum Gasteiger partial charge on any atom is 0.254 e. The average molecular weight is 459 g/mol. The number of benzene rings is 2. The van der Waals surface area contributed by atoms with Gasteiger partial charge in [-0.25, -0.2) is 0 Å². The molecule has 0 aliphatic carbocycles. The van der Waals surface area contributed by atoms with Crippen LogP contribution in [-0.4, -0.2) is 53.3 Å². The summed E-state index contributed by atoms with van der Waals surface area (Å²) in [5, 5.41) is 3.44. The van der Waals surface area contributed by atoms with Crippen LogP contribution in [-0.2, 0) is 11.3 Å². The van der Waals surface area contributed by atoms with E-state index >= 15 is 0 Å². The number of carbonyl (C=O) groups excluding carboxylic acids is 2. The Kier molecular flexibility index (Phi) is 7.11. The molecule has 2 heterocycles. The minimum Gasteiger partial charge on any atom is -0.497 e. The lowest BCUT2D eigenvalue weighted by atomic mass is 10.00. The molecule has 2 aromatic carbocycles. The predicted octanol–water partition coefficient (Wildman–Crippen LogP) is 4.06. The van der Waals surface area contributed by atoms with Crippen LogP contribution in [0.15, 0.2) is 67.0 Å². The molecule has 0 unspecified atom stereocenters. The first kappa shape index (κ1) is 23.3. The Balaban J connectivity index is 1.58. The minimum absolute atomic E-state index is 0.0172. The van der Waals surface area contributed by atoms with Gasteiger partial charge in [0.25, 0.3) is 5.91 Å². The number of piperazine rings is 1. The molecule has 176 valence electrons. The third kappa shape index (κ3) is 5.20. The third-order valence-electron chi connectivity index (χ3n) is 6.30. The Morgan fingerprint density at radius 2 is 1.79 bits per heavy atom. The number of aromatic nitrogens is 1. The van der Waals surface area contributed by atoms with Gasteiger partial charge in [0.2, 0.25) is 5.91 Å². The molecule has 1 atom stereocenters. The number of hydrogen-bond acceptors (Lipinski definition) is 5. The quantitative estimate of drug-likeness (QED) is 0.603. The summed E-state index contributed by atoms with van der Waals surface area (Å²) in [6.07, 6.45) is 3.54. The van der Waals surface area contributed by atoms with Crippen LogP contribution in [0.1, 0.15) is 40.0 Å². The molecule has 0 spiro atoms. The average Bonchev–Trinajstić information content (AvgIpc) is 2.88. The number of nitrogens with one attached hydrogen (secondary N) is 1. The van der Waals surface area contributed by atoms with E-state index in [1.165, 1.54) is 0 Å². The van der Waals surface area contributed by atoms with Gasteiger partial charge in [-0.3, -0.25) is 14.6 Å². The maximum absolute atomic E-state index is 13.7. The van der Waals surface area contributed by atoms with Crippen LogP contribution in [0.2, 0.25) is 0 Å². The summed E-state index contributed by atoms with van der Waals surface area (Å²) in [5.41, 5.74) is 4.71. The van der Waals surface area contributed by atoms with Crippen LogP contribution in [0.4, 0.5) is 5.69 Å². The summed E-state index contributed by atoms with van der Waals surface area (Å²) in [4.78, 5) is 33.5. The number of rotatable bonds is 6. The molecule has 3 aromatic rings. The Morgan fingerprint density at radius 3 is 2.47 bits per heavy atom. The smallest absolute Gasteiger partial charge is 0.254 e. The number of nitrogens with zero attached hydrogens (tertiary/aromatic N) is 3. The number of methoxy groups -OCH3 is 1. The number of pyridine rings is 1. The fraction of sp³-hybridized carbons (Fsp3) is 0.296. The highest BCUT2D eigenvalue weighted by Crippen LogP contribution is 2.29. The topological polar surface area (TPSA) is 74.8 Å². The molecule has 2 amide bonds. The van der Waals surface area contributed by atoms with Crippen LogP contribution in [0.3, 0.4) is 0 Å². The van der Waals surface area contributed by atoms with Crippen molar-refractivity contribution < 1.29 is 14.3 Å². The second-order valence-corrected chi connectivity index (χ2v) is 8.49. The number of hydrogen-bond donors (Lipinski definition) is 1. The number of amides is 2. The van der Waals surface area contributed by atoms with Crippen LogP contribution < -0.4 is 10.1 Å². The second kappa shape index (κ2) is 10.4. The van der Waals surface area contributed by atoms with E-state index in [1.807, 2.05) is 66.4 Å². The summed E-state index contributed by atoms with van der Waals surface area (Å²) in [7, 11) is 1.63. The summed E-state index contributed by atoms with van der Waals surface area (Å²) >= 11 is 0. The highest BCUT2D eigenvalue weighted by atomic mass is 16.5. The Hall–Kier alpha value is -3.87. The summed E-state index contributed by atoms with van der Waals surface area (Å²) < 4.78 is 5.28. The molecule has 34 heavy (non-hydrogen) atoms. The number of carbonyl (C=O) groups is 2. The molecule has 7 heteroatoms. The van der Waals surface area contributed by atoms with Crippen molar-refractivity contribution in [3.05, 3.63) is 89.2 Å². The van der Waals surface area contributed by atoms with E-state index in [9.17, 15) is 9.59 Å². The van der Waals surface area contributed by atoms with E-state index in [0.29, 0.717) is 31.7 Å². The van der Waals surface area contributed by atoms with Crippen LogP contribution >= 0.6 is 0 Å². The van der Waals surface area contributed by atoms with Gasteiger partial charge in [-0.1, -0.05) is 18.2 Å². The van der Waals surface area contributed by atoms with Crippen LogP contribution in [0.5, 0.6) is 5.75 Å². The van der Waals surface area contributed by atoms with Crippen molar-refractivity contribution in [2.24, 2.45) is 0 Å². The van der Waals surface area contributed by atoms with Gasteiger partial charge >= 0.3 is 0 Å². The van der Waals surface area contributed by atoms with Gasteiger partial charge in [0.05, 0.1) is 13.2 Å². The fourth-order valence-electron chi connectivity index (χ4n) is 4.23. The monoisotopic (exact) mass is 458 g/mol. The van der Waals surface area contributed by atoms with Gasteiger partial charge in [-0.15, -0.1) is 0 Å². The summed E-state index contributed by atoms with van der Waals surface area (Å²) in [5.74, 6) is 0.726. The molecule has 1 aliphatic rings. The highest BCUT2D eigenvalue weighted by Gasteiger charge is 2.33. The fourth-order valence-corrected chi connectivity index (χ4v) is 4.23. The molecule has 1 aliphatic heterocycles. The van der Waals surface area contributed by atoms with Crippen LogP contribution in [0, 0.1) is 6.92 Å². The molecule has 1 aromatic heterocycles. The van der Waals surface area contributed by atoms with Gasteiger partial charge < -0.3 is 19.9 Å². The van der Waals surface area contributed by atoms with Crippen molar-refractivity contribution in [2.75, 3.05) is 32.1 Å². The standard InChI is InChI=1S/C27H30N4O3/c1-19-4-5-23(16-25(19)29-17-21-10-12-28-13-11-21)27(33)31-15-14-30(20(2)32)18-26(31)22-6-8-24(34-3)9-7-22/h4-13,16,26,29H,14-15,17-18H2,1-3H3/t26-/m0/s1. The molecule has 1 fully saturated rings. The highest BCUT2D eigenvalue weighted by molar-refractivity contribution is 5.96. The first-order valence-corrected chi connectivity index (χ1v) is 11.4. The van der Waals surface area contributed by atoms with Gasteiger partial charge in [0.1, 0.15) is 5.75 Å². The number of ether oxygens (including phenoxy) is 1. The van der Waals surface area contributed by atoms with Crippen molar-refractivity contribution in [3.8, 4) is 5.75 Å². The van der Waals surface area contributed by atoms with Gasteiger partial charge in [-0.05, 0) is 60.0 Å². The zero-order valence-corrected chi connectivity index (χ0v) is 19.8. The second-order valence-electron chi connectivity index (χ2n) is 8.49. The molecule has 4 rings (SSSR count). The minimum atomic E-state index is -0.231. The largest absolute Gasteiger partial charge is 0.497 e. The Morgan fingerprint density at radius 1 is 1.06 bits per heavy atom. The first-order chi connectivity index (χ1) is 16.5. The van der Waals surface area contributed by atoms with E-state index in [1.54, 1.807) is 31.3 Å². The molecular weight excluding hydrogens is 428 g/mol. The van der Waals surface area contributed by atoms with E-state index in [4.69, 9.17) is 4.74 Å². The van der Waals surface area contributed by atoms with Gasteiger partial charge in [-0.2, -0.15) is 0 Å². The van der Waals surface area contributed by atoms with Crippen molar-refractivity contribution in [1.29, 1.82) is 0 Å². The van der Waals surface area contributed by atoms with Crippen molar-refractivity contribution in [1.82, 2.24) is 14.8 Å². The van der Waals surface area contributed by atoms with Crippen molar-refractivity contribution >= 4 is 17.5 Å². The zero-order chi connectivity index (χ0) is 24.1. The Labute approximate surface area is 200 Å². The zero-order valence-electron chi connectivity index (χ0n) is 19.8. The normalized spacial score (nSPS) is 15.7. The Bertz CT molecular complexity index is 1150. The van der Waals surface area contributed by atoms with Crippen LogP contribution in [0.25, 0.3) is 0 Å². The van der Waals surface area contributed by atoms with E-state index in [2.05, 4.69) is 10.3 Å². The molecule has 1 saturated heterocycles. The first-order valence-electron chi connectivity index (χ1n) is 11.4. The maximum atomic E-state index is 13.7.